The number of amides is 2. The second-order valence-electron chi connectivity index (χ2n) is 6.66. The number of hydrogen-bond donors (Lipinski definition) is 1. The first-order chi connectivity index (χ1) is 14.0. The van der Waals surface area contributed by atoms with Crippen LogP contribution in [0.4, 0.5) is 11.4 Å². The van der Waals surface area contributed by atoms with Gasteiger partial charge in [-0.05, 0) is 30.3 Å². The highest BCUT2D eigenvalue weighted by atomic mass is 35.5. The third-order valence-corrected chi connectivity index (χ3v) is 5.00. The lowest BCUT2D eigenvalue weighted by molar-refractivity contribution is -0.126. The van der Waals surface area contributed by atoms with Crippen molar-refractivity contribution in [1.82, 2.24) is 0 Å². The molecule has 1 heterocycles. The molecule has 3 aromatic rings. The quantitative estimate of drug-likeness (QED) is 0.667. The van der Waals surface area contributed by atoms with Gasteiger partial charge in [0.25, 0.3) is 11.8 Å². The molecule has 5 nitrogen and oxygen atoms in total. The highest BCUT2D eigenvalue weighted by Crippen LogP contribution is 2.28. The summed E-state index contributed by atoms with van der Waals surface area (Å²) in [7, 11) is 1.66. The van der Waals surface area contributed by atoms with Gasteiger partial charge in [0.15, 0.2) is 0 Å². The molecule has 0 fully saturated rings. The van der Waals surface area contributed by atoms with Crippen molar-refractivity contribution in [1.29, 1.82) is 0 Å². The van der Waals surface area contributed by atoms with E-state index < -0.39 is 17.9 Å². The Hall–Kier alpha value is -3.44. The molecule has 0 spiro atoms. The van der Waals surface area contributed by atoms with Crippen molar-refractivity contribution in [2.75, 3.05) is 17.3 Å². The molecule has 1 unspecified atom stereocenters. The number of fused-ring (bicyclic) bond motifs is 1. The first kappa shape index (κ1) is 18.9. The number of likely N-dealkylation sites (N-methyl/N-ethyl adjacent to an activating group) is 1. The summed E-state index contributed by atoms with van der Waals surface area (Å²) < 4.78 is 0. The van der Waals surface area contributed by atoms with Crippen LogP contribution >= 0.6 is 11.6 Å². The number of rotatable bonds is 3. The monoisotopic (exact) mass is 403 g/mol. The normalized spacial score (nSPS) is 15.9. The van der Waals surface area contributed by atoms with Gasteiger partial charge in [-0.25, -0.2) is 0 Å². The molecule has 6 heteroatoms. The summed E-state index contributed by atoms with van der Waals surface area (Å²) in [5.74, 6) is -0.889. The van der Waals surface area contributed by atoms with Crippen LogP contribution in [0.25, 0.3) is 0 Å². The number of hydrogen-bond acceptors (Lipinski definition) is 3. The third kappa shape index (κ3) is 3.77. The van der Waals surface area contributed by atoms with Gasteiger partial charge in [0.1, 0.15) is 0 Å². The Labute approximate surface area is 173 Å². The SMILES string of the molecule is CN1C(=O)C(C(=O)Nc2ccc(Cl)cc2)N=C(c2ccccc2)c2ccccc21. The van der Waals surface area contributed by atoms with Gasteiger partial charge in [0, 0.05) is 28.9 Å². The molecule has 144 valence electrons. The molecule has 1 aliphatic rings. The fourth-order valence-electron chi connectivity index (χ4n) is 3.26. The van der Waals surface area contributed by atoms with Crippen molar-refractivity contribution in [3.8, 4) is 0 Å². The second kappa shape index (κ2) is 7.89. The Morgan fingerprint density at radius 1 is 0.966 bits per heavy atom. The lowest BCUT2D eigenvalue weighted by atomic mass is 10.0. The Morgan fingerprint density at radius 2 is 1.62 bits per heavy atom. The summed E-state index contributed by atoms with van der Waals surface area (Å²) in [6.45, 7) is 0. The van der Waals surface area contributed by atoms with Crippen molar-refractivity contribution < 1.29 is 9.59 Å². The summed E-state index contributed by atoms with van der Waals surface area (Å²) in [6, 6.07) is 22.6. The van der Waals surface area contributed by atoms with E-state index >= 15 is 0 Å². The minimum Gasteiger partial charge on any atom is -0.324 e. The summed E-state index contributed by atoms with van der Waals surface area (Å²) in [5, 5.41) is 3.33. The molecule has 0 saturated heterocycles. The van der Waals surface area contributed by atoms with Crippen LogP contribution in [0, 0.1) is 0 Å². The van der Waals surface area contributed by atoms with Crippen molar-refractivity contribution in [3.63, 3.8) is 0 Å². The Bertz CT molecular complexity index is 1090. The average molecular weight is 404 g/mol. The van der Waals surface area contributed by atoms with Crippen molar-refractivity contribution in [2.45, 2.75) is 6.04 Å². The molecule has 0 bridgehead atoms. The van der Waals surface area contributed by atoms with Crippen molar-refractivity contribution >= 4 is 40.5 Å². The Balaban J connectivity index is 1.78. The molecule has 1 N–H and O–H groups in total. The van der Waals surface area contributed by atoms with E-state index in [1.165, 1.54) is 4.90 Å². The zero-order valence-electron chi connectivity index (χ0n) is 15.7. The number of halogens is 1. The van der Waals surface area contributed by atoms with Crippen LogP contribution in [-0.4, -0.2) is 30.6 Å². The van der Waals surface area contributed by atoms with E-state index in [9.17, 15) is 9.59 Å². The largest absolute Gasteiger partial charge is 0.324 e. The van der Waals surface area contributed by atoms with Crippen LogP contribution in [0.15, 0.2) is 83.9 Å². The number of carbonyl (C=O) groups is 2. The zero-order chi connectivity index (χ0) is 20.4. The molecule has 1 aliphatic heterocycles. The second-order valence-corrected chi connectivity index (χ2v) is 7.09. The van der Waals surface area contributed by atoms with Crippen LogP contribution in [-0.2, 0) is 9.59 Å². The van der Waals surface area contributed by atoms with E-state index in [1.807, 2.05) is 54.6 Å². The number of para-hydroxylation sites is 1. The van der Waals surface area contributed by atoms with Crippen LogP contribution in [0.5, 0.6) is 0 Å². The Morgan fingerprint density at radius 3 is 2.34 bits per heavy atom. The first-order valence-corrected chi connectivity index (χ1v) is 9.49. The highest BCUT2D eigenvalue weighted by Gasteiger charge is 2.34. The number of nitrogens with one attached hydrogen (secondary N) is 1. The lowest BCUT2D eigenvalue weighted by Crippen LogP contribution is -2.42. The van der Waals surface area contributed by atoms with Gasteiger partial charge in [0.2, 0.25) is 6.04 Å². The van der Waals surface area contributed by atoms with Gasteiger partial charge < -0.3 is 10.2 Å². The number of anilines is 2. The summed E-state index contributed by atoms with van der Waals surface area (Å²) in [4.78, 5) is 32.2. The molecule has 0 aliphatic carbocycles. The molecule has 29 heavy (non-hydrogen) atoms. The molecule has 0 saturated carbocycles. The van der Waals surface area contributed by atoms with Crippen LogP contribution < -0.4 is 10.2 Å². The van der Waals surface area contributed by atoms with Gasteiger partial charge in [-0.1, -0.05) is 60.1 Å². The van der Waals surface area contributed by atoms with E-state index in [1.54, 1.807) is 31.3 Å². The number of carbonyl (C=O) groups excluding carboxylic acids is 2. The van der Waals surface area contributed by atoms with Crippen molar-refractivity contribution in [2.24, 2.45) is 4.99 Å². The van der Waals surface area contributed by atoms with E-state index in [0.29, 0.717) is 22.1 Å². The van der Waals surface area contributed by atoms with E-state index in [2.05, 4.69) is 10.3 Å². The molecule has 3 aromatic carbocycles. The average Bonchev–Trinajstić information content (AvgIpc) is 2.86. The van der Waals surface area contributed by atoms with Gasteiger partial charge in [-0.3, -0.25) is 14.6 Å². The minimum atomic E-state index is -1.21. The third-order valence-electron chi connectivity index (χ3n) is 4.75. The molecule has 4 rings (SSSR count). The van der Waals surface area contributed by atoms with Crippen LogP contribution in [0.2, 0.25) is 5.02 Å². The van der Waals surface area contributed by atoms with Crippen LogP contribution in [0.3, 0.4) is 0 Å². The molecule has 1 atom stereocenters. The first-order valence-electron chi connectivity index (χ1n) is 9.11. The van der Waals surface area contributed by atoms with Gasteiger partial charge >= 0.3 is 0 Å². The lowest BCUT2D eigenvalue weighted by Gasteiger charge is -2.20. The maximum Gasteiger partial charge on any atom is 0.261 e. The number of nitrogens with zero attached hydrogens (tertiary/aromatic N) is 2. The predicted octanol–water partition coefficient (Wildman–Crippen LogP) is 4.16. The minimum absolute atomic E-state index is 0.394. The maximum atomic E-state index is 13.1. The summed E-state index contributed by atoms with van der Waals surface area (Å²) in [5.41, 5.74) is 3.51. The van der Waals surface area contributed by atoms with Crippen molar-refractivity contribution in [3.05, 3.63) is 95.0 Å². The molecule has 0 aromatic heterocycles. The fourth-order valence-corrected chi connectivity index (χ4v) is 3.39. The van der Waals surface area contributed by atoms with Crippen LogP contribution in [0.1, 0.15) is 11.1 Å². The smallest absolute Gasteiger partial charge is 0.261 e. The number of benzodiazepines with no additional fused rings is 1. The predicted molar refractivity (Wildman–Crippen MR) is 116 cm³/mol. The zero-order valence-corrected chi connectivity index (χ0v) is 16.4. The fraction of sp³-hybridized carbons (Fsp3) is 0.0870. The molecular weight excluding hydrogens is 386 g/mol. The van der Waals surface area contributed by atoms with Gasteiger partial charge in [-0.15, -0.1) is 0 Å². The van der Waals surface area contributed by atoms with E-state index in [0.717, 1.165) is 11.1 Å². The maximum absolute atomic E-state index is 13.1. The Kier molecular flexibility index (Phi) is 5.14. The molecule has 0 radical (unpaired) electrons. The number of aliphatic imine (C=N–C) groups is 1. The van der Waals surface area contributed by atoms with Gasteiger partial charge in [-0.2, -0.15) is 0 Å². The number of benzene rings is 3. The topological polar surface area (TPSA) is 61.8 Å². The van der Waals surface area contributed by atoms with E-state index in [-0.39, 0.29) is 0 Å². The highest BCUT2D eigenvalue weighted by molar-refractivity contribution is 6.30. The summed E-state index contributed by atoms with van der Waals surface area (Å²) in [6.07, 6.45) is 0. The van der Waals surface area contributed by atoms with E-state index in [4.69, 9.17) is 11.6 Å². The standard InChI is InChI=1S/C23H18ClN3O2/c1-27-19-10-6-5-9-18(19)20(15-7-3-2-4-8-15)26-21(23(27)29)22(28)25-17-13-11-16(24)12-14-17/h2-14,21H,1H3,(H,25,28). The molecular formula is C23H18ClN3O2. The summed E-state index contributed by atoms with van der Waals surface area (Å²) >= 11 is 5.90. The molecule has 2 amide bonds. The van der Waals surface area contributed by atoms with Gasteiger partial charge in [0.05, 0.1) is 11.4 Å².